The Labute approximate surface area is 141 Å². The normalized spacial score (nSPS) is 14.6. The van der Waals surface area contributed by atoms with Crippen LogP contribution in [0.4, 0.5) is 4.39 Å². The standard InChI is InChI=1S/C18H21FNO3P/c1-3-23-24(2,22)17(13-14-9-11-16(19)12-10-14)20-18(21)15-7-5-4-6-8-15/h4-12,17H,3,13H2,1-2H3,(H,20,21)/t17-,24?/m0/s1. The summed E-state index contributed by atoms with van der Waals surface area (Å²) >= 11 is 0. The predicted molar refractivity (Wildman–Crippen MR) is 93.0 cm³/mol. The summed E-state index contributed by atoms with van der Waals surface area (Å²) in [4.78, 5) is 12.4. The fraction of sp³-hybridized carbons (Fsp3) is 0.278. The molecule has 2 atom stereocenters. The molecule has 0 saturated heterocycles. The molecule has 0 heterocycles. The van der Waals surface area contributed by atoms with E-state index in [0.717, 1.165) is 5.56 Å². The quantitative estimate of drug-likeness (QED) is 0.767. The Morgan fingerprint density at radius 3 is 2.38 bits per heavy atom. The molecule has 2 aromatic rings. The van der Waals surface area contributed by atoms with Crippen molar-refractivity contribution in [3.63, 3.8) is 0 Å². The van der Waals surface area contributed by atoms with Gasteiger partial charge in [0.2, 0.25) is 7.37 Å². The van der Waals surface area contributed by atoms with Crippen LogP contribution in [0.2, 0.25) is 0 Å². The molecule has 1 N–H and O–H groups in total. The molecule has 1 amide bonds. The Bertz CT molecular complexity index is 719. The lowest BCUT2D eigenvalue weighted by molar-refractivity contribution is 0.0945. The monoisotopic (exact) mass is 349 g/mol. The van der Waals surface area contributed by atoms with Gasteiger partial charge in [-0.25, -0.2) is 4.39 Å². The molecule has 6 heteroatoms. The van der Waals surface area contributed by atoms with Gasteiger partial charge in [-0.15, -0.1) is 0 Å². The number of carbonyl (C=O) groups is 1. The summed E-state index contributed by atoms with van der Waals surface area (Å²) in [6.07, 6.45) is 0.298. The van der Waals surface area contributed by atoms with E-state index in [-0.39, 0.29) is 18.3 Å². The van der Waals surface area contributed by atoms with E-state index in [1.54, 1.807) is 43.3 Å². The molecule has 0 bridgehead atoms. The van der Waals surface area contributed by atoms with Crippen LogP contribution in [0.15, 0.2) is 54.6 Å². The van der Waals surface area contributed by atoms with Gasteiger partial charge in [0, 0.05) is 18.6 Å². The number of carbonyl (C=O) groups excluding carboxylic acids is 1. The zero-order valence-corrected chi connectivity index (χ0v) is 14.6. The molecular weight excluding hydrogens is 328 g/mol. The third-order valence-corrected chi connectivity index (χ3v) is 5.84. The molecule has 24 heavy (non-hydrogen) atoms. The highest BCUT2D eigenvalue weighted by molar-refractivity contribution is 7.58. The van der Waals surface area contributed by atoms with Gasteiger partial charge < -0.3 is 9.84 Å². The van der Waals surface area contributed by atoms with Crippen molar-refractivity contribution in [2.45, 2.75) is 19.1 Å². The largest absolute Gasteiger partial charge is 0.340 e. The molecule has 0 radical (unpaired) electrons. The van der Waals surface area contributed by atoms with Gasteiger partial charge in [0.05, 0.1) is 6.61 Å². The van der Waals surface area contributed by atoms with Crippen LogP contribution in [-0.2, 0) is 15.5 Å². The van der Waals surface area contributed by atoms with E-state index in [9.17, 15) is 13.8 Å². The molecule has 0 aliphatic rings. The number of hydrogen-bond donors (Lipinski definition) is 1. The van der Waals surface area contributed by atoms with Crippen molar-refractivity contribution in [3.05, 3.63) is 71.5 Å². The number of rotatable bonds is 7. The Morgan fingerprint density at radius 2 is 1.79 bits per heavy atom. The third kappa shape index (κ3) is 5.02. The summed E-state index contributed by atoms with van der Waals surface area (Å²) in [6.45, 7) is 3.55. The van der Waals surface area contributed by atoms with Crippen molar-refractivity contribution in [3.8, 4) is 0 Å². The highest BCUT2D eigenvalue weighted by Crippen LogP contribution is 2.48. The molecule has 2 rings (SSSR count). The maximum Gasteiger partial charge on any atom is 0.251 e. The Hall–Kier alpha value is -1.97. The van der Waals surface area contributed by atoms with Gasteiger partial charge in [0.25, 0.3) is 5.91 Å². The predicted octanol–water partition coefficient (Wildman–Crippen LogP) is 4.07. The zero-order chi connectivity index (χ0) is 17.6. The lowest BCUT2D eigenvalue weighted by Crippen LogP contribution is -2.36. The van der Waals surface area contributed by atoms with Gasteiger partial charge in [-0.05, 0) is 36.8 Å². The second kappa shape index (κ2) is 8.22. The first-order valence-corrected chi connectivity index (χ1v) is 9.88. The van der Waals surface area contributed by atoms with E-state index < -0.39 is 13.2 Å². The number of amides is 1. The molecule has 128 valence electrons. The average Bonchev–Trinajstić information content (AvgIpc) is 2.57. The highest BCUT2D eigenvalue weighted by Gasteiger charge is 2.31. The lowest BCUT2D eigenvalue weighted by Gasteiger charge is -2.25. The smallest absolute Gasteiger partial charge is 0.251 e. The van der Waals surface area contributed by atoms with Gasteiger partial charge >= 0.3 is 0 Å². The molecule has 4 nitrogen and oxygen atoms in total. The first kappa shape index (κ1) is 18.4. The summed E-state index contributed by atoms with van der Waals surface area (Å²) in [6, 6.07) is 14.6. The van der Waals surface area contributed by atoms with Crippen LogP contribution in [0.3, 0.4) is 0 Å². The van der Waals surface area contributed by atoms with Crippen LogP contribution in [0.25, 0.3) is 0 Å². The molecule has 0 aliphatic carbocycles. The van der Waals surface area contributed by atoms with Crippen molar-refractivity contribution in [2.75, 3.05) is 13.3 Å². The van der Waals surface area contributed by atoms with E-state index in [1.165, 1.54) is 18.8 Å². The summed E-state index contributed by atoms with van der Waals surface area (Å²) in [5.74, 6) is -1.34. The second-order valence-electron chi connectivity index (χ2n) is 5.51. The first-order valence-electron chi connectivity index (χ1n) is 7.74. The maximum absolute atomic E-state index is 13.1. The number of benzene rings is 2. The van der Waals surface area contributed by atoms with Crippen LogP contribution in [0.1, 0.15) is 22.8 Å². The van der Waals surface area contributed by atoms with E-state index in [1.807, 2.05) is 6.07 Å². The molecular formula is C18H21FNO3P. The number of nitrogens with one attached hydrogen (secondary N) is 1. The number of halogens is 1. The topological polar surface area (TPSA) is 55.4 Å². The van der Waals surface area contributed by atoms with Crippen molar-refractivity contribution >= 4 is 13.3 Å². The number of hydrogen-bond acceptors (Lipinski definition) is 3. The molecule has 0 aromatic heterocycles. The lowest BCUT2D eigenvalue weighted by atomic mass is 10.1. The summed E-state index contributed by atoms with van der Waals surface area (Å²) < 4.78 is 31.3. The van der Waals surface area contributed by atoms with Crippen LogP contribution in [-0.4, -0.2) is 25.0 Å². The average molecular weight is 349 g/mol. The van der Waals surface area contributed by atoms with Gasteiger partial charge in [-0.3, -0.25) is 9.36 Å². The van der Waals surface area contributed by atoms with Crippen molar-refractivity contribution < 1.29 is 18.3 Å². The van der Waals surface area contributed by atoms with E-state index >= 15 is 0 Å². The molecule has 0 spiro atoms. The van der Waals surface area contributed by atoms with Gasteiger partial charge in [0.15, 0.2) is 0 Å². The molecule has 1 unspecified atom stereocenters. The zero-order valence-electron chi connectivity index (χ0n) is 13.7. The van der Waals surface area contributed by atoms with Crippen LogP contribution in [0.5, 0.6) is 0 Å². The second-order valence-corrected chi connectivity index (χ2v) is 8.21. The van der Waals surface area contributed by atoms with Gasteiger partial charge in [-0.1, -0.05) is 30.3 Å². The summed E-state index contributed by atoms with van der Waals surface area (Å²) in [5.41, 5.74) is 1.26. The fourth-order valence-electron chi connectivity index (χ4n) is 2.35. The van der Waals surface area contributed by atoms with E-state index in [4.69, 9.17) is 4.52 Å². The van der Waals surface area contributed by atoms with Gasteiger partial charge in [0.1, 0.15) is 11.6 Å². The minimum atomic E-state index is -3.08. The van der Waals surface area contributed by atoms with E-state index in [2.05, 4.69) is 5.32 Å². The fourth-order valence-corrected chi connectivity index (χ4v) is 3.94. The van der Waals surface area contributed by atoms with Crippen molar-refractivity contribution in [2.24, 2.45) is 0 Å². The molecule has 0 saturated carbocycles. The van der Waals surface area contributed by atoms with Crippen molar-refractivity contribution in [1.29, 1.82) is 0 Å². The SMILES string of the molecule is CCOP(C)(=O)[C@@H](Cc1ccc(F)cc1)NC(=O)c1ccccc1. The Kier molecular flexibility index (Phi) is 6.29. The van der Waals surface area contributed by atoms with Gasteiger partial charge in [-0.2, -0.15) is 0 Å². The molecule has 0 aliphatic heterocycles. The minimum Gasteiger partial charge on any atom is -0.340 e. The summed E-state index contributed by atoms with van der Waals surface area (Å²) in [7, 11) is -3.08. The third-order valence-electron chi connectivity index (χ3n) is 3.63. The maximum atomic E-state index is 13.1. The van der Waals surface area contributed by atoms with Crippen LogP contribution < -0.4 is 5.32 Å². The van der Waals surface area contributed by atoms with Crippen LogP contribution in [0, 0.1) is 5.82 Å². The molecule has 0 fully saturated rings. The van der Waals surface area contributed by atoms with Crippen LogP contribution >= 0.6 is 7.37 Å². The highest BCUT2D eigenvalue weighted by atomic mass is 31.2. The van der Waals surface area contributed by atoms with E-state index in [0.29, 0.717) is 12.0 Å². The Morgan fingerprint density at radius 1 is 1.17 bits per heavy atom. The molecule has 2 aromatic carbocycles. The van der Waals surface area contributed by atoms with Crippen molar-refractivity contribution in [1.82, 2.24) is 5.32 Å². The first-order chi connectivity index (χ1) is 11.4. The summed E-state index contributed by atoms with van der Waals surface area (Å²) in [5, 5.41) is 2.80. The Balaban J connectivity index is 2.21. The minimum absolute atomic E-state index is 0.287.